The number of benzene rings is 1. The molecule has 0 fully saturated rings. The van der Waals surface area contributed by atoms with Gasteiger partial charge in [0.05, 0.1) is 5.69 Å². The Kier molecular flexibility index (Phi) is 4.95. The van der Waals surface area contributed by atoms with Gasteiger partial charge in [0, 0.05) is 30.7 Å². The van der Waals surface area contributed by atoms with Gasteiger partial charge in [0.25, 0.3) is 0 Å². The Labute approximate surface area is 138 Å². The third-order valence-electron chi connectivity index (χ3n) is 3.18. The third kappa shape index (κ3) is 4.62. The molecule has 0 saturated heterocycles. The van der Waals surface area contributed by atoms with Gasteiger partial charge in [0.15, 0.2) is 5.13 Å². The number of hydrogen-bond donors (Lipinski definition) is 2. The molecule has 2 N–H and O–H groups in total. The van der Waals surface area contributed by atoms with E-state index in [2.05, 4.69) is 32.7 Å². The van der Waals surface area contributed by atoms with Gasteiger partial charge in [-0.2, -0.15) is 0 Å². The van der Waals surface area contributed by atoms with Crippen LogP contribution in [0.3, 0.4) is 0 Å². The summed E-state index contributed by atoms with van der Waals surface area (Å²) in [5.41, 5.74) is 3.10. The van der Waals surface area contributed by atoms with E-state index in [0.717, 1.165) is 17.7 Å². The molecule has 6 heteroatoms. The molecule has 3 aromatic rings. The SMILES string of the molecule is O=C(NCc1cccnc1)Nc1nc(Cc2ccccc2)cs1. The molecule has 2 amide bonds. The number of aromatic nitrogens is 2. The lowest BCUT2D eigenvalue weighted by atomic mass is 10.1. The highest BCUT2D eigenvalue weighted by Crippen LogP contribution is 2.18. The van der Waals surface area contributed by atoms with Crippen LogP contribution in [0.5, 0.6) is 0 Å². The number of carbonyl (C=O) groups is 1. The maximum Gasteiger partial charge on any atom is 0.321 e. The third-order valence-corrected chi connectivity index (χ3v) is 3.98. The number of thiazole rings is 1. The number of rotatable bonds is 5. The smallest absolute Gasteiger partial charge is 0.321 e. The van der Waals surface area contributed by atoms with Crippen LogP contribution < -0.4 is 10.6 Å². The van der Waals surface area contributed by atoms with Crippen LogP contribution in [0.2, 0.25) is 0 Å². The van der Waals surface area contributed by atoms with Crippen molar-refractivity contribution < 1.29 is 4.79 Å². The predicted molar refractivity (Wildman–Crippen MR) is 91.5 cm³/mol. The number of anilines is 1. The average molecular weight is 324 g/mol. The molecule has 116 valence electrons. The van der Waals surface area contributed by atoms with Crippen LogP contribution in [0.15, 0.2) is 60.2 Å². The second kappa shape index (κ2) is 7.51. The minimum absolute atomic E-state index is 0.269. The van der Waals surface area contributed by atoms with Gasteiger partial charge < -0.3 is 5.32 Å². The van der Waals surface area contributed by atoms with Crippen molar-refractivity contribution in [1.29, 1.82) is 0 Å². The molecule has 1 aromatic carbocycles. The number of amides is 2. The largest absolute Gasteiger partial charge is 0.334 e. The van der Waals surface area contributed by atoms with Crippen LogP contribution in [0.4, 0.5) is 9.93 Å². The summed E-state index contributed by atoms with van der Waals surface area (Å²) < 4.78 is 0. The van der Waals surface area contributed by atoms with Crippen LogP contribution in [0.1, 0.15) is 16.8 Å². The van der Waals surface area contributed by atoms with Crippen molar-refractivity contribution in [3.63, 3.8) is 0 Å². The molecular weight excluding hydrogens is 308 g/mol. The van der Waals surface area contributed by atoms with E-state index in [1.54, 1.807) is 12.4 Å². The van der Waals surface area contributed by atoms with Gasteiger partial charge in [0.1, 0.15) is 0 Å². The van der Waals surface area contributed by atoms with E-state index in [1.165, 1.54) is 16.9 Å². The van der Waals surface area contributed by atoms with Crippen LogP contribution in [-0.4, -0.2) is 16.0 Å². The van der Waals surface area contributed by atoms with E-state index in [4.69, 9.17) is 0 Å². The fourth-order valence-corrected chi connectivity index (χ4v) is 2.78. The minimum Gasteiger partial charge on any atom is -0.334 e. The summed E-state index contributed by atoms with van der Waals surface area (Å²) in [5, 5.41) is 8.10. The Morgan fingerprint density at radius 3 is 2.70 bits per heavy atom. The van der Waals surface area contributed by atoms with Crippen LogP contribution in [0.25, 0.3) is 0 Å². The zero-order chi connectivity index (χ0) is 15.9. The van der Waals surface area contributed by atoms with Crippen molar-refractivity contribution in [2.45, 2.75) is 13.0 Å². The summed E-state index contributed by atoms with van der Waals surface area (Å²) in [7, 11) is 0. The number of urea groups is 1. The maximum absolute atomic E-state index is 11.9. The number of nitrogens with one attached hydrogen (secondary N) is 2. The molecule has 0 unspecified atom stereocenters. The van der Waals surface area contributed by atoms with Crippen LogP contribution in [-0.2, 0) is 13.0 Å². The van der Waals surface area contributed by atoms with Crippen molar-refractivity contribution in [3.05, 3.63) is 77.1 Å². The summed E-state index contributed by atoms with van der Waals surface area (Å²) in [5.74, 6) is 0. The Balaban J connectivity index is 1.51. The van der Waals surface area contributed by atoms with Gasteiger partial charge in [-0.05, 0) is 17.2 Å². The normalized spacial score (nSPS) is 10.3. The molecule has 3 rings (SSSR count). The minimum atomic E-state index is -0.269. The van der Waals surface area contributed by atoms with Gasteiger partial charge in [-0.25, -0.2) is 9.78 Å². The lowest BCUT2D eigenvalue weighted by molar-refractivity contribution is 0.251. The Morgan fingerprint density at radius 1 is 1.09 bits per heavy atom. The van der Waals surface area contributed by atoms with Gasteiger partial charge in [-0.15, -0.1) is 11.3 Å². The van der Waals surface area contributed by atoms with Crippen molar-refractivity contribution >= 4 is 22.5 Å². The molecule has 0 aliphatic heterocycles. The first kappa shape index (κ1) is 15.2. The van der Waals surface area contributed by atoms with E-state index in [1.807, 2.05) is 35.7 Å². The molecule has 2 aromatic heterocycles. The monoisotopic (exact) mass is 324 g/mol. The van der Waals surface area contributed by atoms with Gasteiger partial charge in [0.2, 0.25) is 0 Å². The van der Waals surface area contributed by atoms with E-state index >= 15 is 0 Å². The highest BCUT2D eigenvalue weighted by Gasteiger charge is 2.07. The molecule has 0 aliphatic carbocycles. The van der Waals surface area contributed by atoms with E-state index in [-0.39, 0.29) is 6.03 Å². The number of nitrogens with zero attached hydrogens (tertiary/aromatic N) is 2. The molecule has 5 nitrogen and oxygen atoms in total. The maximum atomic E-state index is 11.9. The zero-order valence-corrected chi connectivity index (χ0v) is 13.2. The molecule has 0 bridgehead atoms. The van der Waals surface area contributed by atoms with E-state index in [0.29, 0.717) is 11.7 Å². The number of pyridine rings is 1. The molecular formula is C17H16N4OS. The predicted octanol–water partition coefficient (Wildman–Crippen LogP) is 3.45. The van der Waals surface area contributed by atoms with Crippen molar-refractivity contribution in [3.8, 4) is 0 Å². The molecule has 0 radical (unpaired) electrons. The lowest BCUT2D eigenvalue weighted by Gasteiger charge is -2.04. The highest BCUT2D eigenvalue weighted by atomic mass is 32.1. The zero-order valence-electron chi connectivity index (χ0n) is 12.4. The fraction of sp³-hybridized carbons (Fsp3) is 0.118. The first-order valence-electron chi connectivity index (χ1n) is 7.22. The molecule has 23 heavy (non-hydrogen) atoms. The van der Waals surface area contributed by atoms with Crippen molar-refractivity contribution in [2.24, 2.45) is 0 Å². The summed E-state index contributed by atoms with van der Waals surface area (Å²) >= 11 is 1.42. The average Bonchev–Trinajstić information content (AvgIpc) is 3.02. The van der Waals surface area contributed by atoms with Crippen molar-refractivity contribution in [2.75, 3.05) is 5.32 Å². The summed E-state index contributed by atoms with van der Waals surface area (Å²) in [4.78, 5) is 20.3. The molecule has 0 aliphatic rings. The molecule has 0 saturated carbocycles. The number of carbonyl (C=O) groups excluding carboxylic acids is 1. The first-order valence-corrected chi connectivity index (χ1v) is 8.09. The van der Waals surface area contributed by atoms with Crippen LogP contribution in [0, 0.1) is 0 Å². The fourth-order valence-electron chi connectivity index (χ4n) is 2.08. The highest BCUT2D eigenvalue weighted by molar-refractivity contribution is 7.13. The number of hydrogen-bond acceptors (Lipinski definition) is 4. The first-order chi connectivity index (χ1) is 11.3. The quantitative estimate of drug-likeness (QED) is 0.755. The topological polar surface area (TPSA) is 66.9 Å². The van der Waals surface area contributed by atoms with Gasteiger partial charge in [-0.3, -0.25) is 10.3 Å². The standard InChI is InChI=1S/C17H16N4OS/c22-16(19-11-14-7-4-8-18-10-14)21-17-20-15(12-23-17)9-13-5-2-1-3-6-13/h1-8,10,12H,9,11H2,(H2,19,20,21,22). The Hall–Kier alpha value is -2.73. The lowest BCUT2D eigenvalue weighted by Crippen LogP contribution is -2.28. The van der Waals surface area contributed by atoms with Gasteiger partial charge in [-0.1, -0.05) is 36.4 Å². The summed E-state index contributed by atoms with van der Waals surface area (Å²) in [6.45, 7) is 0.432. The molecule has 2 heterocycles. The summed E-state index contributed by atoms with van der Waals surface area (Å²) in [6.07, 6.45) is 4.19. The van der Waals surface area contributed by atoms with Crippen molar-refractivity contribution in [1.82, 2.24) is 15.3 Å². The Morgan fingerprint density at radius 2 is 1.91 bits per heavy atom. The molecule has 0 spiro atoms. The van der Waals surface area contributed by atoms with E-state index < -0.39 is 0 Å². The Bertz CT molecular complexity index is 759. The van der Waals surface area contributed by atoms with Crippen LogP contribution >= 0.6 is 11.3 Å². The van der Waals surface area contributed by atoms with Gasteiger partial charge >= 0.3 is 6.03 Å². The van der Waals surface area contributed by atoms with E-state index in [9.17, 15) is 4.79 Å². The summed E-state index contributed by atoms with van der Waals surface area (Å²) in [6, 6.07) is 13.6. The second-order valence-electron chi connectivity index (χ2n) is 4.98. The second-order valence-corrected chi connectivity index (χ2v) is 5.83. The molecule has 0 atom stereocenters.